The van der Waals surface area contributed by atoms with E-state index in [1.807, 2.05) is 18.3 Å². The van der Waals surface area contributed by atoms with Crippen molar-refractivity contribution >= 4 is 11.2 Å². The number of imidazole rings is 1. The first-order valence-corrected chi connectivity index (χ1v) is 7.16. The molecule has 1 saturated heterocycles. The van der Waals surface area contributed by atoms with Crippen LogP contribution in [0.15, 0.2) is 18.3 Å². The fourth-order valence-electron chi connectivity index (χ4n) is 2.73. The van der Waals surface area contributed by atoms with Gasteiger partial charge in [0, 0.05) is 25.8 Å². The van der Waals surface area contributed by atoms with Gasteiger partial charge in [0.15, 0.2) is 5.65 Å². The summed E-state index contributed by atoms with van der Waals surface area (Å²) in [5.41, 5.74) is 2.00. The Labute approximate surface area is 113 Å². The lowest BCUT2D eigenvalue weighted by molar-refractivity contribution is 0.109. The van der Waals surface area contributed by atoms with Crippen molar-refractivity contribution in [3.05, 3.63) is 24.2 Å². The van der Waals surface area contributed by atoms with Crippen molar-refractivity contribution < 1.29 is 4.74 Å². The molecule has 0 radical (unpaired) electrons. The van der Waals surface area contributed by atoms with Gasteiger partial charge in [-0.2, -0.15) is 0 Å². The highest BCUT2D eigenvalue weighted by Crippen LogP contribution is 2.21. The average Bonchev–Trinajstić information content (AvgIpc) is 2.99. The van der Waals surface area contributed by atoms with Crippen molar-refractivity contribution in [2.45, 2.75) is 45.8 Å². The monoisotopic (exact) mass is 259 g/mol. The fraction of sp³-hybridized carbons (Fsp3) is 0.600. The predicted octanol–water partition coefficient (Wildman–Crippen LogP) is 2.81. The van der Waals surface area contributed by atoms with Gasteiger partial charge in [-0.1, -0.05) is 13.8 Å². The SMILES string of the molecule is CC(C)Cn1c(CC2CCCO2)nc2cccnc21. The van der Waals surface area contributed by atoms with E-state index in [0.717, 1.165) is 43.0 Å². The average molecular weight is 259 g/mol. The minimum atomic E-state index is 0.336. The summed E-state index contributed by atoms with van der Waals surface area (Å²) in [6, 6.07) is 3.99. The zero-order chi connectivity index (χ0) is 13.2. The molecule has 1 unspecified atom stereocenters. The van der Waals surface area contributed by atoms with Crippen molar-refractivity contribution in [2.24, 2.45) is 5.92 Å². The van der Waals surface area contributed by atoms with Crippen LogP contribution in [0.1, 0.15) is 32.5 Å². The van der Waals surface area contributed by atoms with Crippen LogP contribution < -0.4 is 0 Å². The van der Waals surface area contributed by atoms with E-state index in [4.69, 9.17) is 9.72 Å². The van der Waals surface area contributed by atoms with Crippen LogP contribution in [0, 0.1) is 5.92 Å². The standard InChI is InChI=1S/C15H21N3O/c1-11(2)10-18-14(9-12-5-4-8-19-12)17-13-6-3-7-16-15(13)18/h3,6-7,11-12H,4-5,8-10H2,1-2H3. The first-order valence-electron chi connectivity index (χ1n) is 7.16. The molecule has 1 aliphatic heterocycles. The maximum Gasteiger partial charge on any atom is 0.159 e. The minimum absolute atomic E-state index is 0.336. The number of rotatable bonds is 4. The minimum Gasteiger partial charge on any atom is -0.378 e. The van der Waals surface area contributed by atoms with E-state index in [1.165, 1.54) is 6.42 Å². The topological polar surface area (TPSA) is 39.9 Å². The van der Waals surface area contributed by atoms with Crippen LogP contribution in [-0.2, 0) is 17.7 Å². The van der Waals surface area contributed by atoms with Crippen LogP contribution in [0.3, 0.4) is 0 Å². The lowest BCUT2D eigenvalue weighted by Gasteiger charge is -2.13. The molecule has 0 saturated carbocycles. The molecule has 0 aromatic carbocycles. The second kappa shape index (κ2) is 5.29. The third kappa shape index (κ3) is 2.63. The second-order valence-corrected chi connectivity index (χ2v) is 5.72. The van der Waals surface area contributed by atoms with E-state index in [1.54, 1.807) is 0 Å². The molecule has 0 spiro atoms. The molecule has 0 bridgehead atoms. The molecule has 3 heterocycles. The van der Waals surface area contributed by atoms with Gasteiger partial charge in [0.25, 0.3) is 0 Å². The van der Waals surface area contributed by atoms with Gasteiger partial charge in [-0.25, -0.2) is 9.97 Å². The number of fused-ring (bicyclic) bond motifs is 1. The van der Waals surface area contributed by atoms with Gasteiger partial charge >= 0.3 is 0 Å². The van der Waals surface area contributed by atoms with Gasteiger partial charge in [0.1, 0.15) is 11.3 Å². The van der Waals surface area contributed by atoms with Gasteiger partial charge in [-0.15, -0.1) is 0 Å². The Morgan fingerprint density at radius 1 is 1.47 bits per heavy atom. The number of nitrogens with zero attached hydrogens (tertiary/aromatic N) is 3. The summed E-state index contributed by atoms with van der Waals surface area (Å²) < 4.78 is 8.00. The first-order chi connectivity index (χ1) is 9.24. The summed E-state index contributed by atoms with van der Waals surface area (Å²) in [6.45, 7) is 6.32. The fourth-order valence-corrected chi connectivity index (χ4v) is 2.73. The van der Waals surface area contributed by atoms with Crippen LogP contribution in [-0.4, -0.2) is 27.2 Å². The van der Waals surface area contributed by atoms with E-state index in [0.29, 0.717) is 12.0 Å². The lowest BCUT2D eigenvalue weighted by atomic mass is 10.1. The van der Waals surface area contributed by atoms with Crippen molar-refractivity contribution in [3.8, 4) is 0 Å². The molecular weight excluding hydrogens is 238 g/mol. The molecular formula is C15H21N3O. The summed E-state index contributed by atoms with van der Waals surface area (Å²) in [4.78, 5) is 9.24. The molecule has 4 heteroatoms. The Morgan fingerprint density at radius 3 is 3.11 bits per heavy atom. The van der Waals surface area contributed by atoms with Crippen molar-refractivity contribution in [2.75, 3.05) is 6.61 Å². The summed E-state index contributed by atoms with van der Waals surface area (Å²) in [5, 5.41) is 0. The zero-order valence-electron chi connectivity index (χ0n) is 11.7. The van der Waals surface area contributed by atoms with Crippen molar-refractivity contribution in [1.29, 1.82) is 0 Å². The molecule has 1 fully saturated rings. The molecule has 0 aliphatic carbocycles. The van der Waals surface area contributed by atoms with Crippen LogP contribution in [0.5, 0.6) is 0 Å². The number of pyridine rings is 1. The van der Waals surface area contributed by atoms with Crippen LogP contribution >= 0.6 is 0 Å². The van der Waals surface area contributed by atoms with Gasteiger partial charge in [-0.05, 0) is 30.9 Å². The molecule has 0 N–H and O–H groups in total. The largest absolute Gasteiger partial charge is 0.378 e. The molecule has 3 rings (SSSR count). The summed E-state index contributed by atoms with van der Waals surface area (Å²) in [6.07, 6.45) is 5.41. The third-order valence-corrected chi connectivity index (χ3v) is 3.56. The first kappa shape index (κ1) is 12.6. The third-order valence-electron chi connectivity index (χ3n) is 3.56. The van der Waals surface area contributed by atoms with Crippen molar-refractivity contribution in [1.82, 2.24) is 14.5 Å². The van der Waals surface area contributed by atoms with Gasteiger partial charge in [0.05, 0.1) is 6.10 Å². The quantitative estimate of drug-likeness (QED) is 0.847. The Kier molecular flexibility index (Phi) is 3.51. The summed E-state index contributed by atoms with van der Waals surface area (Å²) >= 11 is 0. The number of hydrogen-bond donors (Lipinski definition) is 0. The van der Waals surface area contributed by atoms with E-state index >= 15 is 0 Å². The smallest absolute Gasteiger partial charge is 0.159 e. The highest BCUT2D eigenvalue weighted by Gasteiger charge is 2.20. The van der Waals surface area contributed by atoms with E-state index in [9.17, 15) is 0 Å². The highest BCUT2D eigenvalue weighted by atomic mass is 16.5. The van der Waals surface area contributed by atoms with E-state index in [2.05, 4.69) is 23.4 Å². The van der Waals surface area contributed by atoms with Crippen LogP contribution in [0.25, 0.3) is 11.2 Å². The Balaban J connectivity index is 1.96. The molecule has 1 aliphatic rings. The van der Waals surface area contributed by atoms with Crippen LogP contribution in [0.2, 0.25) is 0 Å². The van der Waals surface area contributed by atoms with Crippen LogP contribution in [0.4, 0.5) is 0 Å². The number of hydrogen-bond acceptors (Lipinski definition) is 3. The molecule has 102 valence electrons. The van der Waals surface area contributed by atoms with Crippen molar-refractivity contribution in [3.63, 3.8) is 0 Å². The maximum atomic E-state index is 5.74. The summed E-state index contributed by atoms with van der Waals surface area (Å²) in [5.74, 6) is 1.71. The van der Waals surface area contributed by atoms with Gasteiger partial charge in [-0.3, -0.25) is 0 Å². The normalized spacial score (nSPS) is 19.6. The Morgan fingerprint density at radius 2 is 2.37 bits per heavy atom. The lowest BCUT2D eigenvalue weighted by Crippen LogP contribution is -2.16. The Hall–Kier alpha value is -1.42. The molecule has 0 amide bonds. The molecule has 19 heavy (non-hydrogen) atoms. The summed E-state index contributed by atoms with van der Waals surface area (Å²) in [7, 11) is 0. The molecule has 4 nitrogen and oxygen atoms in total. The maximum absolute atomic E-state index is 5.74. The predicted molar refractivity (Wildman–Crippen MR) is 75.0 cm³/mol. The van der Waals surface area contributed by atoms with Gasteiger partial charge in [0.2, 0.25) is 0 Å². The number of aromatic nitrogens is 3. The molecule has 2 aromatic rings. The zero-order valence-corrected chi connectivity index (χ0v) is 11.7. The van der Waals surface area contributed by atoms with E-state index < -0.39 is 0 Å². The van der Waals surface area contributed by atoms with E-state index in [-0.39, 0.29) is 0 Å². The highest BCUT2D eigenvalue weighted by molar-refractivity contribution is 5.71. The number of ether oxygens (including phenoxy) is 1. The molecule has 1 atom stereocenters. The van der Waals surface area contributed by atoms with Gasteiger partial charge < -0.3 is 9.30 Å². The molecule has 2 aromatic heterocycles. The second-order valence-electron chi connectivity index (χ2n) is 5.72. The Bertz CT molecular complexity index is 556.